The third kappa shape index (κ3) is 2.73. The summed E-state index contributed by atoms with van der Waals surface area (Å²) in [5.41, 5.74) is 3.06. The number of ether oxygens (including phenoxy) is 5. The molecule has 0 bridgehead atoms. The lowest BCUT2D eigenvalue weighted by Crippen LogP contribution is -2.33. The first-order valence-corrected chi connectivity index (χ1v) is 9.43. The Balaban J connectivity index is 1.49. The van der Waals surface area contributed by atoms with Crippen molar-refractivity contribution < 1.29 is 28.8 Å². The van der Waals surface area contributed by atoms with Crippen LogP contribution in [0.4, 0.5) is 0 Å². The van der Waals surface area contributed by atoms with Crippen LogP contribution >= 0.6 is 0 Å². The molecule has 0 aromatic heterocycles. The third-order valence-electron chi connectivity index (χ3n) is 5.77. The predicted molar refractivity (Wildman–Crippen MR) is 100 cm³/mol. The minimum Gasteiger partial charge on any atom is -0.492 e. The zero-order valence-corrected chi connectivity index (χ0v) is 15.9. The van der Waals surface area contributed by atoms with Gasteiger partial charge < -0.3 is 28.8 Å². The number of nitrogens with zero attached hydrogens (tertiary/aromatic N) is 1. The second-order valence-corrected chi connectivity index (χ2v) is 7.33. The van der Waals surface area contributed by atoms with E-state index in [9.17, 15) is 5.11 Å². The first-order valence-electron chi connectivity index (χ1n) is 9.43. The normalized spacial score (nSPS) is 20.8. The van der Waals surface area contributed by atoms with Gasteiger partial charge in [0, 0.05) is 18.2 Å². The summed E-state index contributed by atoms with van der Waals surface area (Å²) in [5.74, 6) is 3.48. The van der Waals surface area contributed by atoms with Crippen molar-refractivity contribution in [3.8, 4) is 28.7 Å². The van der Waals surface area contributed by atoms with Gasteiger partial charge in [-0.05, 0) is 49.2 Å². The second-order valence-electron chi connectivity index (χ2n) is 7.33. The Hall–Kier alpha value is -2.64. The Morgan fingerprint density at radius 2 is 1.89 bits per heavy atom. The molecule has 3 aliphatic rings. The van der Waals surface area contributed by atoms with Crippen LogP contribution in [0.5, 0.6) is 28.7 Å². The number of aliphatic hydroxyl groups excluding tert-OH is 1. The molecule has 3 heterocycles. The monoisotopic (exact) mass is 385 g/mol. The van der Waals surface area contributed by atoms with Crippen molar-refractivity contribution in [3.05, 3.63) is 41.0 Å². The minimum atomic E-state index is -0.650. The molecular formula is C21H23NO6. The molecule has 2 atom stereocenters. The van der Waals surface area contributed by atoms with Gasteiger partial charge >= 0.3 is 0 Å². The molecule has 2 aromatic rings. The average molecular weight is 385 g/mol. The van der Waals surface area contributed by atoms with Gasteiger partial charge in [-0.25, -0.2) is 0 Å². The maximum absolute atomic E-state index is 11.0. The summed E-state index contributed by atoms with van der Waals surface area (Å²) >= 11 is 0. The van der Waals surface area contributed by atoms with E-state index in [1.807, 2.05) is 24.3 Å². The summed E-state index contributed by atoms with van der Waals surface area (Å²) in [6.07, 6.45) is 0.775. The highest BCUT2D eigenvalue weighted by atomic mass is 16.7. The first-order chi connectivity index (χ1) is 13.7. The number of benzene rings is 2. The smallest absolute Gasteiger partial charge is 0.231 e. The van der Waals surface area contributed by atoms with Crippen LogP contribution in [0.2, 0.25) is 0 Å². The van der Waals surface area contributed by atoms with Crippen LogP contribution in [0.3, 0.4) is 0 Å². The van der Waals surface area contributed by atoms with Crippen molar-refractivity contribution in [3.63, 3.8) is 0 Å². The minimum absolute atomic E-state index is 0.00590. The molecule has 7 heteroatoms. The molecule has 7 nitrogen and oxygen atoms in total. The molecule has 0 unspecified atom stereocenters. The van der Waals surface area contributed by atoms with Crippen molar-refractivity contribution in [2.75, 3.05) is 34.3 Å². The maximum atomic E-state index is 11.0. The van der Waals surface area contributed by atoms with E-state index in [2.05, 4.69) is 11.9 Å². The lowest BCUT2D eigenvalue weighted by Gasteiger charge is -2.37. The highest BCUT2D eigenvalue weighted by Gasteiger charge is 2.35. The van der Waals surface area contributed by atoms with Crippen LogP contribution in [0, 0.1) is 0 Å². The fourth-order valence-electron chi connectivity index (χ4n) is 4.29. The number of rotatable bonds is 4. The van der Waals surface area contributed by atoms with Crippen molar-refractivity contribution in [1.82, 2.24) is 4.90 Å². The van der Waals surface area contributed by atoms with Gasteiger partial charge in [0.2, 0.25) is 19.3 Å². The van der Waals surface area contributed by atoms with Crippen LogP contribution in [0.1, 0.15) is 35.3 Å². The van der Waals surface area contributed by atoms with Gasteiger partial charge in [0.25, 0.3) is 0 Å². The highest BCUT2D eigenvalue weighted by molar-refractivity contribution is 5.61. The van der Waals surface area contributed by atoms with E-state index >= 15 is 0 Å². The summed E-state index contributed by atoms with van der Waals surface area (Å²) < 4.78 is 27.8. The predicted octanol–water partition coefficient (Wildman–Crippen LogP) is 2.81. The average Bonchev–Trinajstić information content (AvgIpc) is 3.36. The molecule has 0 spiro atoms. The van der Waals surface area contributed by atoms with Crippen molar-refractivity contribution in [2.45, 2.75) is 25.0 Å². The van der Waals surface area contributed by atoms with Crippen molar-refractivity contribution in [1.29, 1.82) is 0 Å². The van der Waals surface area contributed by atoms with Crippen LogP contribution in [0.15, 0.2) is 24.3 Å². The standard InChI is InChI=1S/C21H23NO6/c1-22-6-5-13-8-18-20(28-11-27-18)21(24-2)19(13)14(22)9-15(23)12-3-4-16-17(7-12)26-10-25-16/h3-4,7-8,14-15,23H,5-6,9-11H2,1-2H3/t14-,15-/m0/s1. The summed E-state index contributed by atoms with van der Waals surface area (Å²) in [4.78, 5) is 2.25. The molecule has 148 valence electrons. The molecule has 0 radical (unpaired) electrons. The number of fused-ring (bicyclic) bond motifs is 3. The van der Waals surface area contributed by atoms with Crippen molar-refractivity contribution >= 4 is 0 Å². The van der Waals surface area contributed by atoms with Gasteiger partial charge in [-0.15, -0.1) is 0 Å². The molecule has 0 saturated carbocycles. The summed E-state index contributed by atoms with van der Waals surface area (Å²) in [6.45, 7) is 1.32. The van der Waals surface area contributed by atoms with E-state index in [0.717, 1.165) is 29.8 Å². The molecule has 28 heavy (non-hydrogen) atoms. The first kappa shape index (κ1) is 17.5. The molecule has 0 saturated heterocycles. The third-order valence-corrected chi connectivity index (χ3v) is 5.77. The number of aliphatic hydroxyl groups is 1. The summed E-state index contributed by atoms with van der Waals surface area (Å²) in [7, 11) is 3.72. The van der Waals surface area contributed by atoms with E-state index in [1.54, 1.807) is 7.11 Å². The van der Waals surface area contributed by atoms with Gasteiger partial charge in [-0.2, -0.15) is 0 Å². The van der Waals surface area contributed by atoms with Gasteiger partial charge in [0.1, 0.15) is 0 Å². The second kappa shape index (κ2) is 6.76. The molecule has 0 fully saturated rings. The van der Waals surface area contributed by atoms with Crippen LogP contribution < -0.4 is 23.7 Å². The lowest BCUT2D eigenvalue weighted by atomic mass is 9.87. The Bertz CT molecular complexity index is 914. The Morgan fingerprint density at radius 3 is 2.75 bits per heavy atom. The van der Waals surface area contributed by atoms with E-state index in [0.29, 0.717) is 29.4 Å². The van der Waals surface area contributed by atoms with E-state index < -0.39 is 6.10 Å². The zero-order chi connectivity index (χ0) is 19.3. The van der Waals surface area contributed by atoms with E-state index in [1.165, 1.54) is 5.56 Å². The molecule has 1 N–H and O–H groups in total. The zero-order valence-electron chi connectivity index (χ0n) is 15.9. The number of methoxy groups -OCH3 is 1. The number of hydrogen-bond donors (Lipinski definition) is 1. The maximum Gasteiger partial charge on any atom is 0.231 e. The Morgan fingerprint density at radius 1 is 1.11 bits per heavy atom. The largest absolute Gasteiger partial charge is 0.492 e. The van der Waals surface area contributed by atoms with E-state index in [4.69, 9.17) is 23.7 Å². The number of hydrogen-bond acceptors (Lipinski definition) is 7. The number of likely N-dealkylation sites (N-methyl/N-ethyl adjacent to an activating group) is 1. The fraction of sp³-hybridized carbons (Fsp3) is 0.429. The Labute approximate surface area is 163 Å². The highest BCUT2D eigenvalue weighted by Crippen LogP contribution is 2.51. The van der Waals surface area contributed by atoms with Gasteiger partial charge in [0.05, 0.1) is 13.2 Å². The molecule has 0 amide bonds. The van der Waals surface area contributed by atoms with Gasteiger partial charge in [0.15, 0.2) is 23.0 Å². The van der Waals surface area contributed by atoms with Crippen LogP contribution in [-0.2, 0) is 6.42 Å². The van der Waals surface area contributed by atoms with Crippen molar-refractivity contribution in [2.24, 2.45) is 0 Å². The quantitative estimate of drug-likeness (QED) is 0.868. The van der Waals surface area contributed by atoms with Crippen LogP contribution in [0.25, 0.3) is 0 Å². The summed E-state index contributed by atoms with van der Waals surface area (Å²) in [6, 6.07) is 7.63. The Kier molecular flexibility index (Phi) is 4.21. The molecule has 5 rings (SSSR count). The molecular weight excluding hydrogens is 362 g/mol. The molecule has 0 aliphatic carbocycles. The lowest BCUT2D eigenvalue weighted by molar-refractivity contribution is 0.107. The van der Waals surface area contributed by atoms with Crippen LogP contribution in [-0.4, -0.2) is 44.3 Å². The molecule has 3 aliphatic heterocycles. The summed E-state index contributed by atoms with van der Waals surface area (Å²) in [5, 5.41) is 11.0. The van der Waals surface area contributed by atoms with E-state index in [-0.39, 0.29) is 19.6 Å². The topological polar surface area (TPSA) is 69.6 Å². The molecule has 2 aromatic carbocycles. The SMILES string of the molecule is COc1c2c(cc3c1[C@H](C[C@H](O)c1ccc4c(c1)OCO4)N(C)CC3)OCO2. The fourth-order valence-corrected chi connectivity index (χ4v) is 4.29. The van der Waals surface area contributed by atoms with Gasteiger partial charge in [-0.1, -0.05) is 6.07 Å². The van der Waals surface area contributed by atoms with Gasteiger partial charge in [-0.3, -0.25) is 4.90 Å².